The Balaban J connectivity index is 2.38. The number of hydrogen-bond donors (Lipinski definition) is 1. The van der Waals surface area contributed by atoms with Crippen LogP contribution >= 0.6 is 0 Å². The Morgan fingerprint density at radius 2 is 2.45 bits per heavy atom. The van der Waals surface area contributed by atoms with Gasteiger partial charge in [-0.2, -0.15) is 0 Å². The Labute approximate surface area is 64.3 Å². The standard InChI is InChI=1S/C6H10N4O/c1-4-3-7-5-6(10(4)2)9-11-8-5/h4H,3H2,1-2H3,(H,7,8)/t4-/m0/s1. The van der Waals surface area contributed by atoms with Crippen LogP contribution in [0.25, 0.3) is 0 Å². The highest BCUT2D eigenvalue weighted by atomic mass is 16.6. The smallest absolute Gasteiger partial charge is 0.217 e. The van der Waals surface area contributed by atoms with E-state index in [1.165, 1.54) is 0 Å². The number of hydrogen-bond acceptors (Lipinski definition) is 5. The van der Waals surface area contributed by atoms with Crippen LogP contribution in [-0.4, -0.2) is 29.9 Å². The van der Waals surface area contributed by atoms with Crippen LogP contribution in [-0.2, 0) is 0 Å². The Hall–Kier alpha value is -1.26. The van der Waals surface area contributed by atoms with Gasteiger partial charge in [0.25, 0.3) is 0 Å². The zero-order valence-electron chi connectivity index (χ0n) is 6.53. The van der Waals surface area contributed by atoms with Gasteiger partial charge in [-0.3, -0.25) is 0 Å². The molecule has 5 nitrogen and oxygen atoms in total. The summed E-state index contributed by atoms with van der Waals surface area (Å²) in [7, 11) is 1.98. The lowest BCUT2D eigenvalue weighted by atomic mass is 10.2. The molecule has 0 amide bonds. The highest BCUT2D eigenvalue weighted by molar-refractivity contribution is 5.62. The maximum absolute atomic E-state index is 4.58. The summed E-state index contributed by atoms with van der Waals surface area (Å²) in [6.07, 6.45) is 0. The molecule has 1 N–H and O–H groups in total. The highest BCUT2D eigenvalue weighted by Crippen LogP contribution is 2.25. The number of likely N-dealkylation sites (N-methyl/N-ethyl adjacent to an activating group) is 1. The number of nitrogens with one attached hydrogen (secondary N) is 1. The minimum Gasteiger partial charge on any atom is -0.362 e. The van der Waals surface area contributed by atoms with Gasteiger partial charge in [0.2, 0.25) is 11.6 Å². The van der Waals surface area contributed by atoms with E-state index in [0.717, 1.165) is 18.2 Å². The normalized spacial score (nSPS) is 22.7. The predicted octanol–water partition coefficient (Wildman–Crippen LogP) is 0.320. The molecule has 5 heteroatoms. The van der Waals surface area contributed by atoms with E-state index in [1.54, 1.807) is 0 Å². The van der Waals surface area contributed by atoms with Crippen LogP contribution in [0.1, 0.15) is 6.92 Å². The molecule has 1 aliphatic rings. The van der Waals surface area contributed by atoms with Crippen molar-refractivity contribution in [3.63, 3.8) is 0 Å². The van der Waals surface area contributed by atoms with Gasteiger partial charge in [-0.25, -0.2) is 4.63 Å². The largest absolute Gasteiger partial charge is 0.362 e. The molecule has 2 rings (SSSR count). The number of aromatic nitrogens is 2. The molecule has 1 atom stereocenters. The van der Waals surface area contributed by atoms with Crippen LogP contribution in [0.3, 0.4) is 0 Å². The molecule has 1 aromatic rings. The summed E-state index contributed by atoms with van der Waals surface area (Å²) in [5, 5.41) is 10.6. The van der Waals surface area contributed by atoms with Crippen LogP contribution in [0.15, 0.2) is 4.63 Å². The topological polar surface area (TPSA) is 54.2 Å². The molecule has 0 saturated heterocycles. The first kappa shape index (κ1) is 6.45. The van der Waals surface area contributed by atoms with Crippen LogP contribution in [0.5, 0.6) is 0 Å². The van der Waals surface area contributed by atoms with Gasteiger partial charge in [-0.05, 0) is 17.2 Å². The lowest BCUT2D eigenvalue weighted by Gasteiger charge is -2.28. The van der Waals surface area contributed by atoms with Gasteiger partial charge in [-0.1, -0.05) is 0 Å². The van der Waals surface area contributed by atoms with Crippen molar-refractivity contribution in [2.45, 2.75) is 13.0 Å². The summed E-state index contributed by atoms with van der Waals surface area (Å²) in [5.41, 5.74) is 0. The molecule has 0 aromatic carbocycles. The van der Waals surface area contributed by atoms with Crippen molar-refractivity contribution in [3.8, 4) is 0 Å². The Morgan fingerprint density at radius 3 is 3.27 bits per heavy atom. The molecule has 0 spiro atoms. The fourth-order valence-electron chi connectivity index (χ4n) is 1.12. The van der Waals surface area contributed by atoms with Gasteiger partial charge >= 0.3 is 0 Å². The van der Waals surface area contributed by atoms with E-state index < -0.39 is 0 Å². The van der Waals surface area contributed by atoms with E-state index >= 15 is 0 Å². The average Bonchev–Trinajstić information content (AvgIpc) is 2.45. The molecule has 2 heterocycles. The van der Waals surface area contributed by atoms with Crippen molar-refractivity contribution < 1.29 is 4.63 Å². The van der Waals surface area contributed by atoms with Crippen LogP contribution < -0.4 is 10.2 Å². The van der Waals surface area contributed by atoms with E-state index in [4.69, 9.17) is 0 Å². The fourth-order valence-corrected chi connectivity index (χ4v) is 1.12. The van der Waals surface area contributed by atoms with Crippen molar-refractivity contribution in [3.05, 3.63) is 0 Å². The minimum atomic E-state index is 0.439. The van der Waals surface area contributed by atoms with Crippen molar-refractivity contribution in [2.24, 2.45) is 0 Å². The van der Waals surface area contributed by atoms with Crippen molar-refractivity contribution in [1.82, 2.24) is 10.3 Å². The molecule has 0 saturated carbocycles. The maximum atomic E-state index is 4.58. The first-order chi connectivity index (χ1) is 5.29. The van der Waals surface area contributed by atoms with E-state index in [2.05, 4.69) is 27.2 Å². The van der Waals surface area contributed by atoms with Crippen molar-refractivity contribution in [2.75, 3.05) is 23.8 Å². The molecule has 1 aliphatic heterocycles. The molecule has 0 fully saturated rings. The Morgan fingerprint density at radius 1 is 1.64 bits per heavy atom. The third-order valence-corrected chi connectivity index (χ3v) is 2.03. The van der Waals surface area contributed by atoms with Gasteiger partial charge in [0.05, 0.1) is 0 Å². The van der Waals surface area contributed by atoms with Crippen LogP contribution in [0, 0.1) is 0 Å². The summed E-state index contributed by atoms with van der Waals surface area (Å²) in [6, 6.07) is 0.439. The zero-order chi connectivity index (χ0) is 7.84. The number of nitrogens with zero attached hydrogens (tertiary/aromatic N) is 3. The van der Waals surface area contributed by atoms with E-state index in [9.17, 15) is 0 Å². The first-order valence-electron chi connectivity index (χ1n) is 3.58. The van der Waals surface area contributed by atoms with E-state index in [-0.39, 0.29) is 0 Å². The SMILES string of the molecule is C[C@H]1CNc2nonc2N1C. The van der Waals surface area contributed by atoms with Gasteiger partial charge < -0.3 is 10.2 Å². The average molecular weight is 154 g/mol. The minimum absolute atomic E-state index is 0.439. The lowest BCUT2D eigenvalue weighted by molar-refractivity contribution is 0.309. The monoisotopic (exact) mass is 154 g/mol. The quantitative estimate of drug-likeness (QED) is 0.583. The number of rotatable bonds is 0. The maximum Gasteiger partial charge on any atom is 0.217 e. The van der Waals surface area contributed by atoms with Gasteiger partial charge in [0, 0.05) is 19.6 Å². The molecule has 0 bridgehead atoms. The fraction of sp³-hybridized carbons (Fsp3) is 0.667. The molecule has 0 radical (unpaired) electrons. The summed E-state index contributed by atoms with van der Waals surface area (Å²) in [4.78, 5) is 2.04. The van der Waals surface area contributed by atoms with Crippen LogP contribution in [0.2, 0.25) is 0 Å². The highest BCUT2D eigenvalue weighted by Gasteiger charge is 2.23. The zero-order valence-corrected chi connectivity index (χ0v) is 6.53. The summed E-state index contributed by atoms with van der Waals surface area (Å²) in [5.74, 6) is 1.54. The molecular weight excluding hydrogens is 144 g/mol. The van der Waals surface area contributed by atoms with Crippen molar-refractivity contribution in [1.29, 1.82) is 0 Å². The molecule has 0 unspecified atom stereocenters. The number of fused-ring (bicyclic) bond motifs is 1. The molecule has 60 valence electrons. The molecule has 0 aliphatic carbocycles. The molecule has 11 heavy (non-hydrogen) atoms. The summed E-state index contributed by atoms with van der Waals surface area (Å²) in [6.45, 7) is 3.00. The summed E-state index contributed by atoms with van der Waals surface area (Å²) < 4.78 is 4.58. The lowest BCUT2D eigenvalue weighted by Crippen LogP contribution is -2.39. The second-order valence-electron chi connectivity index (χ2n) is 2.78. The Bertz CT molecular complexity index is 259. The third kappa shape index (κ3) is 0.840. The Kier molecular flexibility index (Phi) is 1.24. The summed E-state index contributed by atoms with van der Waals surface area (Å²) >= 11 is 0. The van der Waals surface area contributed by atoms with Gasteiger partial charge in [-0.15, -0.1) is 0 Å². The van der Waals surface area contributed by atoms with E-state index in [1.807, 2.05) is 11.9 Å². The van der Waals surface area contributed by atoms with E-state index in [0.29, 0.717) is 6.04 Å². The predicted molar refractivity (Wildman–Crippen MR) is 40.7 cm³/mol. The number of anilines is 2. The van der Waals surface area contributed by atoms with Crippen LogP contribution in [0.4, 0.5) is 11.6 Å². The van der Waals surface area contributed by atoms with Gasteiger partial charge in [0.1, 0.15) is 0 Å². The molecule has 1 aromatic heterocycles. The van der Waals surface area contributed by atoms with Gasteiger partial charge in [0.15, 0.2) is 0 Å². The second kappa shape index (κ2) is 2.11. The third-order valence-electron chi connectivity index (χ3n) is 2.03. The van der Waals surface area contributed by atoms with Crippen molar-refractivity contribution >= 4 is 11.6 Å². The molecular formula is C6H10N4O. The second-order valence-corrected chi connectivity index (χ2v) is 2.78. The first-order valence-corrected chi connectivity index (χ1v) is 3.58.